The number of halogens is 3. The Hall–Kier alpha value is -3.19. The van der Waals surface area contributed by atoms with Crippen LogP contribution in [0.1, 0.15) is 31.0 Å². The lowest BCUT2D eigenvalue weighted by molar-refractivity contribution is -0.174. The van der Waals surface area contributed by atoms with Crippen molar-refractivity contribution in [3.05, 3.63) is 71.8 Å². The van der Waals surface area contributed by atoms with Crippen LogP contribution in [0.4, 0.5) is 4.79 Å². The van der Waals surface area contributed by atoms with E-state index in [2.05, 4.69) is 16.0 Å². The normalized spacial score (nSPS) is 23.1. The van der Waals surface area contributed by atoms with Crippen LogP contribution in [-0.2, 0) is 35.3 Å². The number of carbonyl (C=O) groups excluding carboxylic acids is 5. The summed E-state index contributed by atoms with van der Waals surface area (Å²) in [6.07, 6.45) is -0.786. The monoisotopic (exact) mass is 656 g/mol. The summed E-state index contributed by atoms with van der Waals surface area (Å²) >= 11 is 18.1. The van der Waals surface area contributed by atoms with E-state index in [0.717, 1.165) is 5.56 Å². The molecule has 4 atom stereocenters. The summed E-state index contributed by atoms with van der Waals surface area (Å²) in [5.41, 5.74) is -0.796. The number of amides is 4. The predicted octanol–water partition coefficient (Wildman–Crippen LogP) is 3.19. The minimum absolute atomic E-state index is 0.0108. The summed E-state index contributed by atoms with van der Waals surface area (Å²) in [6.45, 7) is 2.95. The summed E-state index contributed by atoms with van der Waals surface area (Å²) in [5, 5.41) is 6.56. The van der Waals surface area contributed by atoms with Gasteiger partial charge in [-0.15, -0.1) is 11.8 Å². The van der Waals surface area contributed by atoms with E-state index < -0.39 is 62.1 Å². The van der Waals surface area contributed by atoms with E-state index in [4.69, 9.17) is 44.3 Å². The molecule has 0 spiro atoms. The van der Waals surface area contributed by atoms with Crippen molar-refractivity contribution in [1.29, 1.82) is 0 Å². The maximum absolute atomic E-state index is 13.7. The largest absolute Gasteiger partial charge is 0.459 e. The second-order valence-electron chi connectivity index (χ2n) is 10.0. The molecule has 0 bridgehead atoms. The fourth-order valence-corrected chi connectivity index (χ4v) is 6.56. The average molecular weight is 658 g/mol. The maximum Gasteiger partial charge on any atom is 0.408 e. The Morgan fingerprint density at radius 1 is 1.05 bits per heavy atom. The van der Waals surface area contributed by atoms with E-state index in [0.29, 0.717) is 5.56 Å². The van der Waals surface area contributed by atoms with Gasteiger partial charge in [-0.1, -0.05) is 95.5 Å². The molecular weight excluding hydrogens is 631 g/mol. The van der Waals surface area contributed by atoms with Crippen LogP contribution in [-0.4, -0.2) is 67.4 Å². The molecule has 2 aromatic carbocycles. The first kappa shape index (κ1) is 31.7. The summed E-state index contributed by atoms with van der Waals surface area (Å²) in [4.78, 5) is 66.0. The topological polar surface area (TPSA) is 143 Å². The van der Waals surface area contributed by atoms with Crippen LogP contribution in [0.5, 0.6) is 0 Å². The summed E-state index contributed by atoms with van der Waals surface area (Å²) in [7, 11) is 0. The molecule has 0 aromatic heterocycles. The van der Waals surface area contributed by atoms with Gasteiger partial charge in [0.05, 0.1) is 0 Å². The molecular formula is C27H27Cl3N4O7S. The Morgan fingerprint density at radius 2 is 1.67 bits per heavy atom. The number of nitrogens with zero attached hydrogens (tertiary/aromatic N) is 1. The van der Waals surface area contributed by atoms with Gasteiger partial charge in [0, 0.05) is 4.75 Å². The highest BCUT2D eigenvalue weighted by Crippen LogP contribution is 2.54. The maximum atomic E-state index is 13.7. The molecule has 224 valence electrons. The Kier molecular flexibility index (Phi) is 9.51. The minimum Gasteiger partial charge on any atom is -0.459 e. The van der Waals surface area contributed by atoms with E-state index in [1.807, 2.05) is 18.2 Å². The van der Waals surface area contributed by atoms with Gasteiger partial charge in [0.25, 0.3) is 5.91 Å². The van der Waals surface area contributed by atoms with E-state index in [9.17, 15) is 24.0 Å². The number of esters is 1. The predicted molar refractivity (Wildman–Crippen MR) is 156 cm³/mol. The Bertz CT molecular complexity index is 1350. The van der Waals surface area contributed by atoms with Gasteiger partial charge in [-0.25, -0.2) is 9.59 Å². The Balaban J connectivity index is 1.54. The standard InChI is InChI=1S/C27H27Cl3N4O7S/c1-25(2)19(21(37)40-13-16-9-5-3-6-10-16)34-22(38)27(31-15-35,23(34)42-25)33-20(36)18(17-11-7-4-8-12-17)32-24(39)41-14-26(28,29)30/h3-12,15,18-19,23H,13-14H2,1-2H3,(H,31,35)(H,32,39)(H,33,36)/t18?,19-,23+,27+/m0/s1. The molecule has 0 radical (unpaired) electrons. The van der Waals surface area contributed by atoms with Gasteiger partial charge in [0.15, 0.2) is 0 Å². The zero-order chi connectivity index (χ0) is 30.7. The van der Waals surface area contributed by atoms with E-state index in [1.165, 1.54) is 16.7 Å². The van der Waals surface area contributed by atoms with E-state index in [-0.39, 0.29) is 13.0 Å². The number of ether oxygens (including phenoxy) is 2. The third kappa shape index (κ3) is 6.72. The summed E-state index contributed by atoms with van der Waals surface area (Å²) in [5.74, 6) is -2.19. The van der Waals surface area contributed by atoms with Gasteiger partial charge in [-0.3, -0.25) is 14.4 Å². The first-order chi connectivity index (χ1) is 19.8. The lowest BCUT2D eigenvalue weighted by Crippen LogP contribution is -2.85. The van der Waals surface area contributed by atoms with Crippen molar-refractivity contribution in [1.82, 2.24) is 20.9 Å². The highest BCUT2D eigenvalue weighted by Gasteiger charge is 2.73. The molecule has 2 aliphatic rings. The molecule has 11 nitrogen and oxygen atoms in total. The van der Waals surface area contributed by atoms with Gasteiger partial charge in [0.2, 0.25) is 21.8 Å². The molecule has 15 heteroatoms. The number of hydrogen-bond donors (Lipinski definition) is 3. The third-order valence-corrected chi connectivity index (χ3v) is 8.59. The van der Waals surface area contributed by atoms with Crippen LogP contribution in [0, 0.1) is 0 Å². The molecule has 2 heterocycles. The number of fused-ring (bicyclic) bond motifs is 1. The number of thioether (sulfide) groups is 1. The SMILES string of the molecule is CC1(C)S[C@H]2N(C(=O)[C@@]2(NC=O)NC(=O)C(NC(=O)OCC(Cl)(Cl)Cl)c2ccccc2)[C@H]1C(=O)OCc1ccccc1. The third-order valence-electron chi connectivity index (χ3n) is 6.63. The van der Waals surface area contributed by atoms with Crippen molar-refractivity contribution in [2.24, 2.45) is 0 Å². The first-order valence-electron chi connectivity index (χ1n) is 12.6. The van der Waals surface area contributed by atoms with Crippen molar-refractivity contribution < 1.29 is 33.4 Å². The van der Waals surface area contributed by atoms with Crippen LogP contribution >= 0.6 is 46.6 Å². The summed E-state index contributed by atoms with van der Waals surface area (Å²) in [6, 6.07) is 14.8. The Morgan fingerprint density at radius 3 is 2.26 bits per heavy atom. The lowest BCUT2D eigenvalue weighted by atomic mass is 9.90. The highest BCUT2D eigenvalue weighted by molar-refractivity contribution is 8.01. The van der Waals surface area contributed by atoms with Gasteiger partial charge in [-0.05, 0) is 25.0 Å². The second-order valence-corrected chi connectivity index (χ2v) is 14.3. The number of alkyl carbamates (subject to hydrolysis) is 1. The van der Waals surface area contributed by atoms with Crippen molar-refractivity contribution >= 4 is 76.9 Å². The van der Waals surface area contributed by atoms with E-state index in [1.54, 1.807) is 56.3 Å². The minimum atomic E-state index is -1.91. The number of β-lactam (4-membered cyclic amide) rings is 1. The average Bonchev–Trinajstić information content (AvgIpc) is 3.22. The molecule has 3 N–H and O–H groups in total. The molecule has 2 aromatic rings. The molecule has 1 unspecified atom stereocenters. The smallest absolute Gasteiger partial charge is 0.408 e. The molecule has 42 heavy (non-hydrogen) atoms. The number of alkyl halides is 3. The van der Waals surface area contributed by atoms with Gasteiger partial charge < -0.3 is 30.3 Å². The van der Waals surface area contributed by atoms with Gasteiger partial charge >= 0.3 is 12.1 Å². The van der Waals surface area contributed by atoms with Crippen molar-refractivity contribution in [2.75, 3.05) is 6.61 Å². The van der Waals surface area contributed by atoms with Crippen LogP contribution in [0.3, 0.4) is 0 Å². The number of rotatable bonds is 10. The van der Waals surface area contributed by atoms with Crippen molar-refractivity contribution in [3.8, 4) is 0 Å². The summed E-state index contributed by atoms with van der Waals surface area (Å²) < 4.78 is 7.72. The quantitative estimate of drug-likeness (QED) is 0.116. The molecule has 4 rings (SSSR count). The first-order valence-corrected chi connectivity index (χ1v) is 14.6. The molecule has 2 fully saturated rings. The zero-order valence-electron chi connectivity index (χ0n) is 22.3. The fraction of sp³-hybridized carbons (Fsp3) is 0.370. The van der Waals surface area contributed by atoms with Crippen LogP contribution in [0.2, 0.25) is 0 Å². The molecule has 0 saturated carbocycles. The van der Waals surface area contributed by atoms with Crippen LogP contribution in [0.15, 0.2) is 60.7 Å². The van der Waals surface area contributed by atoms with E-state index >= 15 is 0 Å². The number of hydrogen-bond acceptors (Lipinski definition) is 8. The number of nitrogens with one attached hydrogen (secondary N) is 3. The Labute approximate surface area is 260 Å². The molecule has 4 amide bonds. The van der Waals surface area contributed by atoms with Crippen LogP contribution < -0.4 is 16.0 Å². The van der Waals surface area contributed by atoms with Crippen LogP contribution in [0.25, 0.3) is 0 Å². The number of carbonyl (C=O) groups is 5. The zero-order valence-corrected chi connectivity index (χ0v) is 25.4. The second kappa shape index (κ2) is 12.6. The molecule has 2 saturated heterocycles. The van der Waals surface area contributed by atoms with Crippen molar-refractivity contribution in [2.45, 2.75) is 52.1 Å². The van der Waals surface area contributed by atoms with Gasteiger partial charge in [-0.2, -0.15) is 0 Å². The molecule has 0 aliphatic carbocycles. The fourth-order valence-electron chi connectivity index (χ4n) is 4.74. The molecule has 2 aliphatic heterocycles. The van der Waals surface area contributed by atoms with Gasteiger partial charge in [0.1, 0.15) is 30.7 Å². The van der Waals surface area contributed by atoms with Crippen molar-refractivity contribution in [3.63, 3.8) is 0 Å². The lowest BCUT2D eigenvalue weighted by Gasteiger charge is -2.52. The highest BCUT2D eigenvalue weighted by atomic mass is 35.6. The number of benzene rings is 2.